The maximum atomic E-state index is 12.3. The molecule has 3 rings (SSSR count). The number of rotatable bonds is 3. The maximum Gasteiger partial charge on any atom is 0.272 e. The van der Waals surface area contributed by atoms with Gasteiger partial charge in [0.05, 0.1) is 6.20 Å². The van der Waals surface area contributed by atoms with Crippen LogP contribution >= 0.6 is 0 Å². The molecule has 0 saturated carbocycles. The number of hydrogen-bond donors (Lipinski definition) is 0. The second-order valence-corrected chi connectivity index (χ2v) is 4.87. The fourth-order valence-electron chi connectivity index (χ4n) is 2.35. The van der Waals surface area contributed by atoms with E-state index in [2.05, 4.69) is 15.0 Å². The van der Waals surface area contributed by atoms with Gasteiger partial charge in [0.15, 0.2) is 0 Å². The van der Waals surface area contributed by atoms with Crippen molar-refractivity contribution in [2.24, 2.45) is 0 Å². The highest BCUT2D eigenvalue weighted by molar-refractivity contribution is 5.92. The number of pyridine rings is 1. The highest BCUT2D eigenvalue weighted by atomic mass is 16.5. The SMILES string of the molecule is O=C(c1ccccn1)N1CCC(Oc2cnccn2)CC1. The number of likely N-dealkylation sites (tertiary alicyclic amines) is 1. The number of nitrogens with zero attached hydrogens (tertiary/aromatic N) is 4. The number of piperidine rings is 1. The van der Waals surface area contributed by atoms with Gasteiger partial charge in [-0.15, -0.1) is 0 Å². The minimum absolute atomic E-state index is 0.0199. The van der Waals surface area contributed by atoms with Gasteiger partial charge in [-0.2, -0.15) is 0 Å². The number of carbonyl (C=O) groups is 1. The number of carbonyl (C=O) groups excluding carboxylic acids is 1. The molecule has 0 spiro atoms. The summed E-state index contributed by atoms with van der Waals surface area (Å²) in [6, 6.07) is 5.37. The summed E-state index contributed by atoms with van der Waals surface area (Å²) in [7, 11) is 0. The lowest BCUT2D eigenvalue weighted by Crippen LogP contribution is -2.42. The molecule has 0 radical (unpaired) electrons. The molecular formula is C15H16N4O2. The molecule has 1 aliphatic heterocycles. The van der Waals surface area contributed by atoms with Gasteiger partial charge in [0.25, 0.3) is 5.91 Å². The normalized spacial score (nSPS) is 15.7. The van der Waals surface area contributed by atoms with Gasteiger partial charge in [-0.3, -0.25) is 14.8 Å². The van der Waals surface area contributed by atoms with E-state index in [1.54, 1.807) is 36.9 Å². The van der Waals surface area contributed by atoms with Crippen LogP contribution in [-0.2, 0) is 0 Å². The summed E-state index contributed by atoms with van der Waals surface area (Å²) in [5.41, 5.74) is 0.491. The summed E-state index contributed by atoms with van der Waals surface area (Å²) in [5.74, 6) is 0.514. The van der Waals surface area contributed by atoms with Gasteiger partial charge in [-0.05, 0) is 12.1 Å². The molecule has 3 heterocycles. The molecule has 1 aliphatic rings. The van der Waals surface area contributed by atoms with E-state index in [0.29, 0.717) is 24.7 Å². The van der Waals surface area contributed by atoms with Crippen molar-refractivity contribution in [3.63, 3.8) is 0 Å². The molecule has 2 aromatic heterocycles. The Balaban J connectivity index is 1.54. The number of aromatic nitrogens is 3. The van der Waals surface area contributed by atoms with Crippen molar-refractivity contribution in [2.45, 2.75) is 18.9 Å². The Labute approximate surface area is 122 Å². The summed E-state index contributed by atoms with van der Waals surface area (Å²) in [6.07, 6.45) is 8.11. The Hall–Kier alpha value is -2.50. The third-order valence-corrected chi connectivity index (χ3v) is 3.44. The molecular weight excluding hydrogens is 268 g/mol. The van der Waals surface area contributed by atoms with E-state index in [4.69, 9.17) is 4.74 Å². The molecule has 1 amide bonds. The molecule has 0 atom stereocenters. The average molecular weight is 284 g/mol. The second kappa shape index (κ2) is 6.30. The first kappa shape index (κ1) is 13.5. The monoisotopic (exact) mass is 284 g/mol. The summed E-state index contributed by atoms with van der Waals surface area (Å²) in [5, 5.41) is 0. The van der Waals surface area contributed by atoms with Gasteiger partial charge >= 0.3 is 0 Å². The zero-order valence-electron chi connectivity index (χ0n) is 11.6. The molecule has 2 aromatic rings. The van der Waals surface area contributed by atoms with E-state index in [1.165, 1.54) is 0 Å². The lowest BCUT2D eigenvalue weighted by atomic mass is 10.1. The number of ether oxygens (including phenoxy) is 1. The van der Waals surface area contributed by atoms with Crippen molar-refractivity contribution < 1.29 is 9.53 Å². The Morgan fingerprint density at radius 3 is 2.67 bits per heavy atom. The molecule has 6 heteroatoms. The smallest absolute Gasteiger partial charge is 0.272 e. The predicted molar refractivity (Wildman–Crippen MR) is 75.8 cm³/mol. The van der Waals surface area contributed by atoms with Crippen LogP contribution in [0.15, 0.2) is 43.0 Å². The maximum absolute atomic E-state index is 12.3. The summed E-state index contributed by atoms with van der Waals surface area (Å²) >= 11 is 0. The van der Waals surface area contributed by atoms with Crippen molar-refractivity contribution in [2.75, 3.05) is 13.1 Å². The van der Waals surface area contributed by atoms with E-state index < -0.39 is 0 Å². The first-order valence-electron chi connectivity index (χ1n) is 6.96. The third-order valence-electron chi connectivity index (χ3n) is 3.44. The topological polar surface area (TPSA) is 68.2 Å². The van der Waals surface area contributed by atoms with Crippen molar-refractivity contribution in [3.8, 4) is 5.88 Å². The molecule has 21 heavy (non-hydrogen) atoms. The zero-order valence-corrected chi connectivity index (χ0v) is 11.6. The first-order chi connectivity index (χ1) is 10.3. The Morgan fingerprint density at radius 2 is 2.00 bits per heavy atom. The summed E-state index contributed by atoms with van der Waals surface area (Å²) < 4.78 is 5.76. The van der Waals surface area contributed by atoms with Gasteiger partial charge in [0, 0.05) is 44.5 Å². The van der Waals surface area contributed by atoms with Crippen LogP contribution in [0.3, 0.4) is 0 Å². The minimum Gasteiger partial charge on any atom is -0.473 e. The molecule has 0 unspecified atom stereocenters. The molecule has 108 valence electrons. The fraction of sp³-hybridized carbons (Fsp3) is 0.333. The van der Waals surface area contributed by atoms with E-state index in [1.807, 2.05) is 11.0 Å². The van der Waals surface area contributed by atoms with Crippen LogP contribution in [0.25, 0.3) is 0 Å². The third kappa shape index (κ3) is 3.34. The van der Waals surface area contributed by atoms with E-state index in [-0.39, 0.29) is 12.0 Å². The van der Waals surface area contributed by atoms with Crippen molar-refractivity contribution in [3.05, 3.63) is 48.7 Å². The largest absolute Gasteiger partial charge is 0.473 e. The first-order valence-corrected chi connectivity index (χ1v) is 6.96. The average Bonchev–Trinajstić information content (AvgIpc) is 2.57. The van der Waals surface area contributed by atoms with Crippen LogP contribution in [0.1, 0.15) is 23.3 Å². The Kier molecular flexibility index (Phi) is 4.04. The van der Waals surface area contributed by atoms with Crippen molar-refractivity contribution in [1.29, 1.82) is 0 Å². The van der Waals surface area contributed by atoms with E-state index in [0.717, 1.165) is 12.8 Å². The molecule has 1 fully saturated rings. The standard InChI is InChI=1S/C15H16N4O2/c20-15(13-3-1-2-6-17-13)19-9-4-12(5-10-19)21-14-11-16-7-8-18-14/h1-3,6-8,11-12H,4-5,9-10H2. The lowest BCUT2D eigenvalue weighted by molar-refractivity contribution is 0.0582. The van der Waals surface area contributed by atoms with Crippen molar-refractivity contribution >= 4 is 5.91 Å². The lowest BCUT2D eigenvalue weighted by Gasteiger charge is -2.31. The van der Waals surface area contributed by atoms with Crippen LogP contribution < -0.4 is 4.74 Å². The van der Waals surface area contributed by atoms with Gasteiger partial charge in [0.2, 0.25) is 5.88 Å². The zero-order chi connectivity index (χ0) is 14.5. The van der Waals surface area contributed by atoms with Gasteiger partial charge < -0.3 is 9.64 Å². The molecule has 0 bridgehead atoms. The van der Waals surface area contributed by atoms with E-state index >= 15 is 0 Å². The molecule has 6 nitrogen and oxygen atoms in total. The molecule has 1 saturated heterocycles. The highest BCUT2D eigenvalue weighted by Gasteiger charge is 2.25. The van der Waals surface area contributed by atoms with Gasteiger partial charge in [-0.25, -0.2) is 4.98 Å². The van der Waals surface area contributed by atoms with Crippen LogP contribution in [0, 0.1) is 0 Å². The van der Waals surface area contributed by atoms with Crippen LogP contribution in [0.2, 0.25) is 0 Å². The quantitative estimate of drug-likeness (QED) is 0.855. The molecule has 0 aliphatic carbocycles. The van der Waals surface area contributed by atoms with Crippen LogP contribution in [0.4, 0.5) is 0 Å². The second-order valence-electron chi connectivity index (χ2n) is 4.87. The molecule has 0 N–H and O–H groups in total. The Bertz CT molecular complexity index is 583. The van der Waals surface area contributed by atoms with E-state index in [9.17, 15) is 4.79 Å². The minimum atomic E-state index is -0.0199. The Morgan fingerprint density at radius 1 is 1.14 bits per heavy atom. The van der Waals surface area contributed by atoms with Crippen LogP contribution in [-0.4, -0.2) is 45.0 Å². The van der Waals surface area contributed by atoms with Gasteiger partial charge in [0.1, 0.15) is 11.8 Å². The predicted octanol–water partition coefficient (Wildman–Crippen LogP) is 1.56. The van der Waals surface area contributed by atoms with Gasteiger partial charge in [-0.1, -0.05) is 6.07 Å². The summed E-state index contributed by atoms with van der Waals surface area (Å²) in [4.78, 5) is 26.3. The number of amides is 1. The van der Waals surface area contributed by atoms with Crippen LogP contribution in [0.5, 0.6) is 5.88 Å². The fourth-order valence-corrected chi connectivity index (χ4v) is 2.35. The highest BCUT2D eigenvalue weighted by Crippen LogP contribution is 2.17. The summed E-state index contributed by atoms with van der Waals surface area (Å²) in [6.45, 7) is 1.33. The molecule has 0 aromatic carbocycles. The number of hydrogen-bond acceptors (Lipinski definition) is 5. The van der Waals surface area contributed by atoms with Crippen molar-refractivity contribution in [1.82, 2.24) is 19.9 Å².